The number of carbonyl (C=O) groups excluding carboxylic acids is 2. The number of methoxy groups -OCH3 is 1. The Labute approximate surface area is 195 Å². The Bertz CT molecular complexity index is 1040. The topological polar surface area (TPSA) is 80.6 Å². The lowest BCUT2D eigenvalue weighted by atomic mass is 9.98. The van der Waals surface area contributed by atoms with Crippen LogP contribution in [0.4, 0.5) is 0 Å². The van der Waals surface area contributed by atoms with Gasteiger partial charge in [-0.1, -0.05) is 39.0 Å². The summed E-state index contributed by atoms with van der Waals surface area (Å²) in [5, 5.41) is 2.83. The zero-order chi connectivity index (χ0) is 24.0. The van der Waals surface area contributed by atoms with Crippen molar-refractivity contribution in [2.45, 2.75) is 46.6 Å². The highest BCUT2D eigenvalue weighted by molar-refractivity contribution is 5.99. The molecule has 1 saturated heterocycles. The van der Waals surface area contributed by atoms with Crippen LogP contribution >= 0.6 is 0 Å². The van der Waals surface area contributed by atoms with Gasteiger partial charge >= 0.3 is 0 Å². The van der Waals surface area contributed by atoms with E-state index in [1.807, 2.05) is 24.3 Å². The lowest BCUT2D eigenvalue weighted by Gasteiger charge is -2.30. The molecule has 0 saturated carbocycles. The van der Waals surface area contributed by atoms with Crippen LogP contribution in [0.2, 0.25) is 0 Å². The summed E-state index contributed by atoms with van der Waals surface area (Å²) in [6.07, 6.45) is 5.74. The summed E-state index contributed by atoms with van der Waals surface area (Å²) in [4.78, 5) is 41.1. The number of ether oxygens (including phenoxy) is 1. The Kier molecular flexibility index (Phi) is 8.31. The van der Waals surface area contributed by atoms with Crippen molar-refractivity contribution in [3.05, 3.63) is 63.6 Å². The van der Waals surface area contributed by atoms with E-state index in [4.69, 9.17) is 4.74 Å². The number of benzene rings is 1. The number of nitrogens with one attached hydrogen (secondary N) is 1. The number of para-hydroxylation sites is 1. The highest BCUT2D eigenvalue weighted by Gasteiger charge is 2.26. The fraction of sp³-hybridized carbons (Fsp3) is 0.500. The first-order chi connectivity index (χ1) is 15.8. The van der Waals surface area contributed by atoms with Crippen molar-refractivity contribution in [2.24, 2.45) is 11.8 Å². The zero-order valence-electron chi connectivity index (χ0n) is 20.1. The summed E-state index contributed by atoms with van der Waals surface area (Å²) in [6, 6.07) is 7.57. The van der Waals surface area contributed by atoms with Crippen molar-refractivity contribution >= 4 is 11.8 Å². The Balaban J connectivity index is 1.96. The number of pyridine rings is 1. The van der Waals surface area contributed by atoms with Gasteiger partial charge in [0.2, 0.25) is 5.43 Å². The Morgan fingerprint density at radius 3 is 2.45 bits per heavy atom. The minimum absolute atomic E-state index is 0.00937. The van der Waals surface area contributed by atoms with Gasteiger partial charge in [-0.05, 0) is 37.2 Å². The van der Waals surface area contributed by atoms with E-state index in [2.05, 4.69) is 26.1 Å². The third kappa shape index (κ3) is 6.24. The molecule has 7 nitrogen and oxygen atoms in total. The maximum Gasteiger partial charge on any atom is 0.259 e. The average Bonchev–Trinajstić information content (AvgIpc) is 2.80. The summed E-state index contributed by atoms with van der Waals surface area (Å²) >= 11 is 0. The van der Waals surface area contributed by atoms with Crippen molar-refractivity contribution in [1.82, 2.24) is 14.8 Å². The third-order valence-electron chi connectivity index (χ3n) is 6.18. The van der Waals surface area contributed by atoms with Gasteiger partial charge in [0.15, 0.2) is 0 Å². The van der Waals surface area contributed by atoms with Gasteiger partial charge in [0.25, 0.3) is 11.8 Å². The molecule has 3 rings (SSSR count). The Morgan fingerprint density at radius 2 is 1.79 bits per heavy atom. The van der Waals surface area contributed by atoms with Crippen LogP contribution in [-0.4, -0.2) is 48.0 Å². The highest BCUT2D eigenvalue weighted by Crippen LogP contribution is 2.20. The predicted molar refractivity (Wildman–Crippen MR) is 129 cm³/mol. The maximum absolute atomic E-state index is 13.3. The lowest BCUT2D eigenvalue weighted by Crippen LogP contribution is -2.41. The van der Waals surface area contributed by atoms with Crippen LogP contribution in [0.5, 0.6) is 5.75 Å². The smallest absolute Gasteiger partial charge is 0.259 e. The SMILES string of the molecule is COc1ccccc1Cn1cc(C(=O)NCCC(C)C)c(=O)c(C(=O)N2CCC(C)CC2)c1. The van der Waals surface area contributed by atoms with Crippen molar-refractivity contribution < 1.29 is 14.3 Å². The number of likely N-dealkylation sites (tertiary alicyclic amines) is 1. The molecule has 1 aliphatic rings. The molecule has 0 spiro atoms. The van der Waals surface area contributed by atoms with E-state index >= 15 is 0 Å². The van der Waals surface area contributed by atoms with E-state index in [-0.39, 0.29) is 17.0 Å². The van der Waals surface area contributed by atoms with Gasteiger partial charge in [0, 0.05) is 37.6 Å². The molecule has 33 heavy (non-hydrogen) atoms. The van der Waals surface area contributed by atoms with E-state index in [9.17, 15) is 14.4 Å². The third-order valence-corrected chi connectivity index (χ3v) is 6.18. The molecule has 1 aromatic heterocycles. The molecular weight excluding hydrogens is 418 g/mol. The Morgan fingerprint density at radius 1 is 1.12 bits per heavy atom. The number of amides is 2. The first-order valence-corrected chi connectivity index (χ1v) is 11.7. The zero-order valence-corrected chi connectivity index (χ0v) is 20.1. The molecule has 2 aromatic rings. The highest BCUT2D eigenvalue weighted by atomic mass is 16.5. The molecule has 1 fully saturated rings. The molecule has 0 aliphatic carbocycles. The van der Waals surface area contributed by atoms with Gasteiger partial charge in [-0.15, -0.1) is 0 Å². The van der Waals surface area contributed by atoms with Gasteiger partial charge in [-0.3, -0.25) is 14.4 Å². The number of hydrogen-bond acceptors (Lipinski definition) is 4. The number of rotatable bonds is 8. The molecule has 7 heteroatoms. The number of piperidine rings is 1. The standard InChI is InChI=1S/C26H35N3O4/c1-18(2)9-12-27-25(31)21-16-28(15-20-7-5-6-8-23(20)33-4)17-22(24(21)30)26(32)29-13-10-19(3)11-14-29/h5-8,16-19H,9-15H2,1-4H3,(H,27,31). The summed E-state index contributed by atoms with van der Waals surface area (Å²) in [5.41, 5.74) is 0.401. The van der Waals surface area contributed by atoms with E-state index in [1.54, 1.807) is 22.8 Å². The largest absolute Gasteiger partial charge is 0.496 e. The van der Waals surface area contributed by atoms with Crippen molar-refractivity contribution in [3.63, 3.8) is 0 Å². The normalized spacial score (nSPS) is 14.4. The summed E-state index contributed by atoms with van der Waals surface area (Å²) < 4.78 is 7.18. The molecule has 0 unspecified atom stereocenters. The van der Waals surface area contributed by atoms with Crippen LogP contribution in [0.25, 0.3) is 0 Å². The monoisotopic (exact) mass is 453 g/mol. The molecule has 0 radical (unpaired) electrons. The summed E-state index contributed by atoms with van der Waals surface area (Å²) in [7, 11) is 1.60. The molecule has 1 N–H and O–H groups in total. The van der Waals surface area contributed by atoms with Crippen LogP contribution in [-0.2, 0) is 6.54 Å². The summed E-state index contributed by atoms with van der Waals surface area (Å²) in [6.45, 7) is 8.41. The van der Waals surface area contributed by atoms with Gasteiger partial charge < -0.3 is 19.5 Å². The fourth-order valence-corrected chi connectivity index (χ4v) is 4.02. The molecule has 1 aliphatic heterocycles. The second-order valence-corrected chi connectivity index (χ2v) is 9.31. The lowest BCUT2D eigenvalue weighted by molar-refractivity contribution is 0.0695. The molecule has 0 bridgehead atoms. The van der Waals surface area contributed by atoms with E-state index in [1.165, 1.54) is 6.20 Å². The summed E-state index contributed by atoms with van der Waals surface area (Å²) in [5.74, 6) is 0.946. The van der Waals surface area contributed by atoms with Gasteiger partial charge in [-0.25, -0.2) is 0 Å². The van der Waals surface area contributed by atoms with E-state index in [0.29, 0.717) is 43.8 Å². The molecule has 2 amide bonds. The Hall–Kier alpha value is -3.09. The van der Waals surface area contributed by atoms with E-state index < -0.39 is 11.3 Å². The minimum atomic E-state index is -0.517. The molecule has 1 aromatic carbocycles. The molecular formula is C26H35N3O4. The average molecular weight is 454 g/mol. The van der Waals surface area contributed by atoms with Crippen molar-refractivity contribution in [3.8, 4) is 5.75 Å². The fourth-order valence-electron chi connectivity index (χ4n) is 4.02. The minimum Gasteiger partial charge on any atom is -0.496 e. The molecule has 178 valence electrons. The van der Waals surface area contributed by atoms with Crippen LogP contribution in [0.15, 0.2) is 41.5 Å². The van der Waals surface area contributed by atoms with Gasteiger partial charge in [-0.2, -0.15) is 0 Å². The second-order valence-electron chi connectivity index (χ2n) is 9.31. The first-order valence-electron chi connectivity index (χ1n) is 11.7. The van der Waals surface area contributed by atoms with Gasteiger partial charge in [0.05, 0.1) is 13.7 Å². The van der Waals surface area contributed by atoms with Crippen LogP contribution < -0.4 is 15.5 Å². The van der Waals surface area contributed by atoms with Crippen LogP contribution in [0, 0.1) is 11.8 Å². The number of carbonyl (C=O) groups is 2. The number of hydrogen-bond donors (Lipinski definition) is 1. The van der Waals surface area contributed by atoms with Crippen LogP contribution in [0.1, 0.15) is 66.3 Å². The second kappa shape index (κ2) is 11.2. The van der Waals surface area contributed by atoms with Gasteiger partial charge in [0.1, 0.15) is 16.9 Å². The quantitative estimate of drug-likeness (QED) is 0.663. The number of nitrogens with zero attached hydrogens (tertiary/aromatic N) is 2. The van der Waals surface area contributed by atoms with Crippen LogP contribution in [0.3, 0.4) is 0 Å². The van der Waals surface area contributed by atoms with Crippen molar-refractivity contribution in [1.29, 1.82) is 0 Å². The first kappa shape index (κ1) is 24.6. The van der Waals surface area contributed by atoms with E-state index in [0.717, 1.165) is 24.8 Å². The number of aromatic nitrogens is 1. The van der Waals surface area contributed by atoms with Crippen molar-refractivity contribution in [2.75, 3.05) is 26.7 Å². The predicted octanol–water partition coefficient (Wildman–Crippen LogP) is 3.55. The maximum atomic E-state index is 13.3. The molecule has 2 heterocycles. The molecule has 0 atom stereocenters.